The SMILES string of the molecule is CC(O)CCNC(=O)c1cn[nH]c1. The number of aromatic nitrogens is 2. The van der Waals surface area contributed by atoms with E-state index >= 15 is 0 Å². The van der Waals surface area contributed by atoms with Crippen LogP contribution in [0.3, 0.4) is 0 Å². The van der Waals surface area contributed by atoms with Gasteiger partial charge in [-0.05, 0) is 13.3 Å². The van der Waals surface area contributed by atoms with Gasteiger partial charge < -0.3 is 10.4 Å². The fourth-order valence-corrected chi connectivity index (χ4v) is 0.872. The van der Waals surface area contributed by atoms with Crippen LogP contribution in [-0.4, -0.2) is 33.9 Å². The second-order valence-corrected chi connectivity index (χ2v) is 2.88. The number of aliphatic hydroxyl groups excluding tert-OH is 1. The Kier molecular flexibility index (Phi) is 3.45. The lowest BCUT2D eigenvalue weighted by Gasteiger charge is -2.04. The second-order valence-electron chi connectivity index (χ2n) is 2.88. The fourth-order valence-electron chi connectivity index (χ4n) is 0.872. The Morgan fingerprint density at radius 2 is 2.62 bits per heavy atom. The average Bonchev–Trinajstić information content (AvgIpc) is 2.55. The summed E-state index contributed by atoms with van der Waals surface area (Å²) in [5.41, 5.74) is 0.505. The smallest absolute Gasteiger partial charge is 0.254 e. The van der Waals surface area contributed by atoms with Crippen LogP contribution in [0.4, 0.5) is 0 Å². The number of hydrogen-bond donors (Lipinski definition) is 3. The molecule has 0 bridgehead atoms. The first-order valence-electron chi connectivity index (χ1n) is 4.15. The number of amides is 1. The minimum absolute atomic E-state index is 0.172. The van der Waals surface area contributed by atoms with Crippen LogP contribution in [0.25, 0.3) is 0 Å². The summed E-state index contributed by atoms with van der Waals surface area (Å²) in [6, 6.07) is 0. The third-order valence-corrected chi connectivity index (χ3v) is 1.61. The molecule has 1 aromatic heterocycles. The van der Waals surface area contributed by atoms with Crippen LogP contribution in [0.5, 0.6) is 0 Å². The average molecular weight is 183 g/mol. The van der Waals surface area contributed by atoms with E-state index in [1.165, 1.54) is 12.4 Å². The van der Waals surface area contributed by atoms with Crippen LogP contribution < -0.4 is 5.32 Å². The number of hydrogen-bond acceptors (Lipinski definition) is 3. The lowest BCUT2D eigenvalue weighted by Crippen LogP contribution is -2.26. The van der Waals surface area contributed by atoms with E-state index in [1.54, 1.807) is 6.92 Å². The Morgan fingerprint density at radius 1 is 1.85 bits per heavy atom. The third kappa shape index (κ3) is 3.25. The molecule has 0 saturated heterocycles. The van der Waals surface area contributed by atoms with Crippen LogP contribution in [0.1, 0.15) is 23.7 Å². The number of carbonyl (C=O) groups is 1. The summed E-state index contributed by atoms with van der Waals surface area (Å²) in [5.74, 6) is -0.172. The van der Waals surface area contributed by atoms with Gasteiger partial charge in [0.05, 0.1) is 17.9 Å². The highest BCUT2D eigenvalue weighted by molar-refractivity contribution is 5.93. The first kappa shape index (κ1) is 9.73. The van der Waals surface area contributed by atoms with Gasteiger partial charge in [0.15, 0.2) is 0 Å². The molecule has 0 aliphatic carbocycles. The molecule has 0 aliphatic rings. The van der Waals surface area contributed by atoms with Crippen molar-refractivity contribution < 1.29 is 9.90 Å². The molecule has 1 atom stereocenters. The normalized spacial score (nSPS) is 12.5. The van der Waals surface area contributed by atoms with Gasteiger partial charge in [0, 0.05) is 12.7 Å². The van der Waals surface area contributed by atoms with Gasteiger partial charge in [0.1, 0.15) is 0 Å². The van der Waals surface area contributed by atoms with Crippen molar-refractivity contribution in [2.75, 3.05) is 6.54 Å². The maximum Gasteiger partial charge on any atom is 0.254 e. The van der Waals surface area contributed by atoms with Crippen LogP contribution in [0, 0.1) is 0 Å². The van der Waals surface area contributed by atoms with Gasteiger partial charge >= 0.3 is 0 Å². The largest absolute Gasteiger partial charge is 0.393 e. The van der Waals surface area contributed by atoms with Crippen molar-refractivity contribution in [3.8, 4) is 0 Å². The van der Waals surface area contributed by atoms with Gasteiger partial charge in [-0.3, -0.25) is 9.89 Å². The first-order valence-corrected chi connectivity index (χ1v) is 4.15. The second kappa shape index (κ2) is 4.61. The van der Waals surface area contributed by atoms with Gasteiger partial charge in [-0.15, -0.1) is 0 Å². The summed E-state index contributed by atoms with van der Waals surface area (Å²) in [7, 11) is 0. The van der Waals surface area contributed by atoms with Crippen molar-refractivity contribution in [3.63, 3.8) is 0 Å². The molecule has 0 radical (unpaired) electrons. The zero-order chi connectivity index (χ0) is 9.68. The van der Waals surface area contributed by atoms with Crippen LogP contribution in [0.15, 0.2) is 12.4 Å². The predicted molar refractivity (Wildman–Crippen MR) is 47.2 cm³/mol. The Bertz CT molecular complexity index is 256. The molecular formula is C8H13N3O2. The maximum absolute atomic E-state index is 11.2. The van der Waals surface area contributed by atoms with E-state index in [9.17, 15) is 4.79 Å². The molecule has 1 rings (SSSR count). The topological polar surface area (TPSA) is 78.0 Å². The van der Waals surface area contributed by atoms with Crippen LogP contribution in [-0.2, 0) is 0 Å². The van der Waals surface area contributed by atoms with E-state index in [0.29, 0.717) is 18.5 Å². The van der Waals surface area contributed by atoms with E-state index in [0.717, 1.165) is 0 Å². The molecule has 0 fully saturated rings. The van der Waals surface area contributed by atoms with E-state index in [1.807, 2.05) is 0 Å². The molecule has 1 heterocycles. The van der Waals surface area contributed by atoms with Crippen molar-refractivity contribution in [2.45, 2.75) is 19.4 Å². The number of aromatic amines is 1. The molecule has 0 saturated carbocycles. The highest BCUT2D eigenvalue weighted by atomic mass is 16.3. The zero-order valence-corrected chi connectivity index (χ0v) is 7.45. The van der Waals surface area contributed by atoms with Gasteiger partial charge in [-0.25, -0.2) is 0 Å². The Balaban J connectivity index is 2.27. The van der Waals surface area contributed by atoms with Gasteiger partial charge in [-0.1, -0.05) is 0 Å². The molecule has 0 aromatic carbocycles. The number of nitrogens with one attached hydrogen (secondary N) is 2. The summed E-state index contributed by atoms with van der Waals surface area (Å²) in [5, 5.41) is 17.8. The molecular weight excluding hydrogens is 170 g/mol. The Labute approximate surface area is 76.2 Å². The monoisotopic (exact) mass is 183 g/mol. The lowest BCUT2D eigenvalue weighted by molar-refractivity contribution is 0.0945. The lowest BCUT2D eigenvalue weighted by atomic mass is 10.3. The molecule has 0 aliphatic heterocycles. The highest BCUT2D eigenvalue weighted by Crippen LogP contribution is 1.93. The van der Waals surface area contributed by atoms with E-state index < -0.39 is 0 Å². The van der Waals surface area contributed by atoms with Crippen molar-refractivity contribution >= 4 is 5.91 Å². The summed E-state index contributed by atoms with van der Waals surface area (Å²) in [6.45, 7) is 2.16. The molecule has 0 spiro atoms. The van der Waals surface area contributed by atoms with Crippen molar-refractivity contribution in [2.24, 2.45) is 0 Å². The molecule has 13 heavy (non-hydrogen) atoms. The van der Waals surface area contributed by atoms with Gasteiger partial charge in [-0.2, -0.15) is 5.10 Å². The Morgan fingerprint density at radius 3 is 3.15 bits per heavy atom. The van der Waals surface area contributed by atoms with Gasteiger partial charge in [0.2, 0.25) is 0 Å². The number of rotatable bonds is 4. The molecule has 1 aromatic rings. The molecule has 72 valence electrons. The number of nitrogens with zero attached hydrogens (tertiary/aromatic N) is 1. The van der Waals surface area contributed by atoms with E-state index in [2.05, 4.69) is 15.5 Å². The predicted octanol–water partition coefficient (Wildman–Crippen LogP) is -0.0896. The summed E-state index contributed by atoms with van der Waals surface area (Å²) < 4.78 is 0. The molecule has 5 heteroatoms. The van der Waals surface area contributed by atoms with Gasteiger partial charge in [0.25, 0.3) is 5.91 Å². The zero-order valence-electron chi connectivity index (χ0n) is 7.45. The van der Waals surface area contributed by atoms with Crippen molar-refractivity contribution in [1.82, 2.24) is 15.5 Å². The summed E-state index contributed by atoms with van der Waals surface area (Å²) in [6.07, 6.45) is 3.16. The minimum atomic E-state index is -0.385. The summed E-state index contributed by atoms with van der Waals surface area (Å²) >= 11 is 0. The van der Waals surface area contributed by atoms with Crippen molar-refractivity contribution in [3.05, 3.63) is 18.0 Å². The molecule has 1 amide bonds. The van der Waals surface area contributed by atoms with E-state index in [-0.39, 0.29) is 12.0 Å². The van der Waals surface area contributed by atoms with Crippen LogP contribution in [0.2, 0.25) is 0 Å². The maximum atomic E-state index is 11.2. The number of H-pyrrole nitrogens is 1. The van der Waals surface area contributed by atoms with Crippen LogP contribution >= 0.6 is 0 Å². The number of carbonyl (C=O) groups excluding carboxylic acids is 1. The third-order valence-electron chi connectivity index (χ3n) is 1.61. The molecule has 3 N–H and O–H groups in total. The Hall–Kier alpha value is -1.36. The minimum Gasteiger partial charge on any atom is -0.393 e. The standard InChI is InChI=1S/C8H13N3O2/c1-6(12)2-3-9-8(13)7-4-10-11-5-7/h4-6,12H,2-3H2,1H3,(H,9,13)(H,10,11). The molecule has 1 unspecified atom stereocenters. The van der Waals surface area contributed by atoms with Crippen molar-refractivity contribution in [1.29, 1.82) is 0 Å². The number of aliphatic hydroxyl groups is 1. The van der Waals surface area contributed by atoms with E-state index in [4.69, 9.17) is 5.11 Å². The molecule has 5 nitrogen and oxygen atoms in total. The quantitative estimate of drug-likeness (QED) is 0.610. The summed E-state index contributed by atoms with van der Waals surface area (Å²) in [4.78, 5) is 11.2. The first-order chi connectivity index (χ1) is 6.20. The fraction of sp³-hybridized carbons (Fsp3) is 0.500. The highest BCUT2D eigenvalue weighted by Gasteiger charge is 2.05.